The van der Waals surface area contributed by atoms with Crippen molar-refractivity contribution in [3.8, 4) is 0 Å². The fourth-order valence-corrected chi connectivity index (χ4v) is 5.06. The molecule has 198 valence electrons. The molecule has 0 unspecified atom stereocenters. The van der Waals surface area contributed by atoms with Crippen molar-refractivity contribution in [2.24, 2.45) is 0 Å². The fraction of sp³-hybridized carbons (Fsp3) is 0.367. The number of piperazine rings is 2. The van der Waals surface area contributed by atoms with Crippen molar-refractivity contribution in [3.63, 3.8) is 0 Å². The zero-order valence-corrected chi connectivity index (χ0v) is 21.6. The van der Waals surface area contributed by atoms with E-state index in [9.17, 15) is 14.0 Å². The number of carbonyl (C=O) groups excluding carboxylic acids is 2. The summed E-state index contributed by atoms with van der Waals surface area (Å²) in [5.41, 5.74) is 3.01. The van der Waals surface area contributed by atoms with Gasteiger partial charge in [0.2, 0.25) is 0 Å². The van der Waals surface area contributed by atoms with Crippen molar-refractivity contribution in [1.82, 2.24) is 24.6 Å². The molecule has 7 nitrogen and oxygen atoms in total. The van der Waals surface area contributed by atoms with Crippen LogP contribution < -0.4 is 0 Å². The molecule has 0 N–H and O–H groups in total. The van der Waals surface area contributed by atoms with Gasteiger partial charge in [0.05, 0.1) is 0 Å². The Kier molecular flexibility index (Phi) is 8.41. The van der Waals surface area contributed by atoms with Crippen LogP contribution in [0.3, 0.4) is 0 Å². The van der Waals surface area contributed by atoms with Crippen LogP contribution in [0.15, 0.2) is 72.8 Å². The van der Waals surface area contributed by atoms with E-state index in [0.717, 1.165) is 51.3 Å². The highest BCUT2D eigenvalue weighted by atomic mass is 19.1. The van der Waals surface area contributed by atoms with Crippen LogP contribution in [0.1, 0.15) is 32.1 Å². The van der Waals surface area contributed by atoms with Crippen LogP contribution in [-0.2, 0) is 13.0 Å². The number of hydrogen-bond donors (Lipinski definition) is 0. The maximum Gasteiger partial charge on any atom is 0.272 e. The Balaban J connectivity index is 1.10. The maximum atomic E-state index is 13.2. The van der Waals surface area contributed by atoms with Crippen molar-refractivity contribution in [3.05, 3.63) is 101 Å². The van der Waals surface area contributed by atoms with Crippen LogP contribution in [0.25, 0.3) is 0 Å². The van der Waals surface area contributed by atoms with Gasteiger partial charge in [0, 0.05) is 65.4 Å². The van der Waals surface area contributed by atoms with Gasteiger partial charge in [-0.3, -0.25) is 19.4 Å². The van der Waals surface area contributed by atoms with Gasteiger partial charge < -0.3 is 9.80 Å². The van der Waals surface area contributed by atoms with E-state index in [1.165, 1.54) is 17.7 Å². The zero-order valence-electron chi connectivity index (χ0n) is 21.6. The van der Waals surface area contributed by atoms with E-state index in [-0.39, 0.29) is 17.6 Å². The first-order valence-corrected chi connectivity index (χ1v) is 13.3. The van der Waals surface area contributed by atoms with Crippen LogP contribution in [0.2, 0.25) is 0 Å². The number of benzene rings is 2. The predicted molar refractivity (Wildman–Crippen MR) is 144 cm³/mol. The molecule has 2 saturated heterocycles. The van der Waals surface area contributed by atoms with E-state index in [4.69, 9.17) is 0 Å². The number of amides is 2. The third kappa shape index (κ3) is 6.62. The largest absolute Gasteiger partial charge is 0.335 e. The Morgan fingerprint density at radius 1 is 0.632 bits per heavy atom. The number of aromatic nitrogens is 1. The van der Waals surface area contributed by atoms with Crippen molar-refractivity contribution < 1.29 is 14.0 Å². The van der Waals surface area contributed by atoms with Crippen molar-refractivity contribution in [2.75, 3.05) is 58.9 Å². The number of carbonyl (C=O) groups is 2. The first kappa shape index (κ1) is 26.0. The zero-order chi connectivity index (χ0) is 26.3. The maximum absolute atomic E-state index is 13.2. The van der Waals surface area contributed by atoms with Gasteiger partial charge >= 0.3 is 0 Å². The van der Waals surface area contributed by atoms with Crippen molar-refractivity contribution >= 4 is 11.8 Å². The van der Waals surface area contributed by atoms with Crippen LogP contribution in [0.4, 0.5) is 4.39 Å². The molecule has 0 atom stereocenters. The minimum atomic E-state index is -0.238. The number of pyridine rings is 1. The number of nitrogens with zero attached hydrogens (tertiary/aromatic N) is 5. The first-order chi connectivity index (χ1) is 18.5. The highest BCUT2D eigenvalue weighted by Crippen LogP contribution is 2.14. The molecule has 0 spiro atoms. The molecule has 3 aromatic rings. The lowest BCUT2D eigenvalue weighted by atomic mass is 10.1. The normalized spacial score (nSPS) is 17.0. The molecule has 8 heteroatoms. The van der Waals surface area contributed by atoms with Crippen LogP contribution in [-0.4, -0.2) is 95.3 Å². The quantitative estimate of drug-likeness (QED) is 0.484. The van der Waals surface area contributed by atoms with Gasteiger partial charge in [-0.2, -0.15) is 0 Å². The molecule has 2 aromatic carbocycles. The lowest BCUT2D eigenvalue weighted by Gasteiger charge is -2.35. The van der Waals surface area contributed by atoms with Gasteiger partial charge in [-0.25, -0.2) is 9.37 Å². The molecule has 0 bridgehead atoms. The molecular formula is C30H34FN5O2. The second-order valence-corrected chi connectivity index (χ2v) is 9.97. The number of halogens is 1. The smallest absolute Gasteiger partial charge is 0.272 e. The molecule has 0 saturated carbocycles. The summed E-state index contributed by atoms with van der Waals surface area (Å²) in [6.45, 7) is 7.32. The molecule has 2 amide bonds. The molecule has 3 heterocycles. The SMILES string of the molecule is O=C(c1cccc(C(=O)N2CCN(Cc3ccc(F)cc3)CC2)n1)N1CCN(CCc2ccccc2)CC1. The van der Waals surface area contributed by atoms with E-state index < -0.39 is 0 Å². The summed E-state index contributed by atoms with van der Waals surface area (Å²) < 4.78 is 13.2. The molecule has 0 radical (unpaired) electrons. The van der Waals surface area contributed by atoms with E-state index in [1.54, 1.807) is 35.2 Å². The van der Waals surface area contributed by atoms with Gasteiger partial charge in [0.25, 0.3) is 11.8 Å². The Morgan fingerprint density at radius 3 is 1.76 bits per heavy atom. The highest BCUT2D eigenvalue weighted by Gasteiger charge is 2.26. The van der Waals surface area contributed by atoms with Crippen LogP contribution in [0, 0.1) is 5.82 Å². The topological polar surface area (TPSA) is 60.0 Å². The molecule has 0 aliphatic carbocycles. The third-order valence-corrected chi connectivity index (χ3v) is 7.39. The molecule has 2 aliphatic heterocycles. The molecule has 1 aromatic heterocycles. The minimum Gasteiger partial charge on any atom is -0.335 e. The summed E-state index contributed by atoms with van der Waals surface area (Å²) in [4.78, 5) is 39.1. The summed E-state index contributed by atoms with van der Waals surface area (Å²) in [6.07, 6.45) is 1.00. The summed E-state index contributed by atoms with van der Waals surface area (Å²) in [5, 5.41) is 0. The van der Waals surface area contributed by atoms with E-state index in [0.29, 0.717) is 37.6 Å². The monoisotopic (exact) mass is 515 g/mol. The molecule has 2 fully saturated rings. The number of rotatable bonds is 7. The van der Waals surface area contributed by atoms with Gasteiger partial charge in [0.15, 0.2) is 0 Å². The molecular weight excluding hydrogens is 481 g/mol. The average molecular weight is 516 g/mol. The highest BCUT2D eigenvalue weighted by molar-refractivity contribution is 5.96. The third-order valence-electron chi connectivity index (χ3n) is 7.39. The Bertz CT molecular complexity index is 1220. The standard InChI is InChI=1S/C30H34FN5O2/c31-26-11-9-25(10-12-26)23-34-17-21-36(22-18-34)30(38)28-8-4-7-27(32-28)29(37)35-19-15-33(16-20-35)14-13-24-5-2-1-3-6-24/h1-12H,13-23H2. The number of hydrogen-bond acceptors (Lipinski definition) is 5. The summed E-state index contributed by atoms with van der Waals surface area (Å²) >= 11 is 0. The lowest BCUT2D eigenvalue weighted by Crippen LogP contribution is -2.49. The van der Waals surface area contributed by atoms with Gasteiger partial charge in [-0.1, -0.05) is 48.5 Å². The molecule has 2 aliphatic rings. The van der Waals surface area contributed by atoms with Crippen LogP contribution >= 0.6 is 0 Å². The molecule has 5 rings (SSSR count). The van der Waals surface area contributed by atoms with Crippen molar-refractivity contribution in [1.29, 1.82) is 0 Å². The Morgan fingerprint density at radius 2 is 1.18 bits per heavy atom. The fourth-order valence-electron chi connectivity index (χ4n) is 5.06. The van der Waals surface area contributed by atoms with Crippen LogP contribution in [0.5, 0.6) is 0 Å². The van der Waals surface area contributed by atoms with Gasteiger partial charge in [-0.05, 0) is 41.8 Å². The van der Waals surface area contributed by atoms with Gasteiger partial charge in [0.1, 0.15) is 17.2 Å². The molecule has 38 heavy (non-hydrogen) atoms. The van der Waals surface area contributed by atoms with Crippen molar-refractivity contribution in [2.45, 2.75) is 13.0 Å². The second kappa shape index (κ2) is 12.3. The van der Waals surface area contributed by atoms with E-state index in [2.05, 4.69) is 39.0 Å². The Hall–Kier alpha value is -3.62. The van der Waals surface area contributed by atoms with Gasteiger partial charge in [-0.15, -0.1) is 0 Å². The summed E-state index contributed by atoms with van der Waals surface area (Å²) in [7, 11) is 0. The summed E-state index contributed by atoms with van der Waals surface area (Å²) in [6, 6.07) is 22.1. The lowest BCUT2D eigenvalue weighted by molar-refractivity contribution is 0.0618. The average Bonchev–Trinajstić information content (AvgIpc) is 2.98. The Labute approximate surface area is 223 Å². The van der Waals surface area contributed by atoms with E-state index >= 15 is 0 Å². The second-order valence-electron chi connectivity index (χ2n) is 9.97. The first-order valence-electron chi connectivity index (χ1n) is 13.3. The minimum absolute atomic E-state index is 0.119. The predicted octanol–water partition coefficient (Wildman–Crippen LogP) is 3.18. The van der Waals surface area contributed by atoms with E-state index in [1.807, 2.05) is 11.0 Å². The summed E-state index contributed by atoms with van der Waals surface area (Å²) in [5.74, 6) is -0.503.